The van der Waals surface area contributed by atoms with Gasteiger partial charge in [-0.2, -0.15) is 0 Å². The van der Waals surface area contributed by atoms with Crippen molar-refractivity contribution in [1.29, 1.82) is 0 Å². The van der Waals surface area contributed by atoms with Crippen LogP contribution in [0, 0.1) is 0 Å². The van der Waals surface area contributed by atoms with Crippen molar-refractivity contribution >= 4 is 48.9 Å². The van der Waals surface area contributed by atoms with Crippen molar-refractivity contribution in [1.82, 2.24) is 0 Å². The number of carbonyl (C=O) groups excluding carboxylic acids is 1. The molecule has 0 aliphatic heterocycles. The van der Waals surface area contributed by atoms with Crippen molar-refractivity contribution in [3.63, 3.8) is 0 Å². The van der Waals surface area contributed by atoms with Gasteiger partial charge in [0.05, 0.1) is 0 Å². The van der Waals surface area contributed by atoms with E-state index in [0.29, 0.717) is 0 Å². The number of thiophene rings is 1. The number of hydrogen-bond acceptors (Lipinski definition) is 2. The molecule has 0 saturated heterocycles. The molecule has 3 aromatic carbocycles. The fraction of sp³-hybridized carbons (Fsp3) is 0. The Morgan fingerprint density at radius 3 is 2.07 bits per heavy atom. The Bertz CT molecular complexity index is 1330. The summed E-state index contributed by atoms with van der Waals surface area (Å²) in [6, 6.07) is 25.1. The van der Waals surface area contributed by atoms with E-state index in [2.05, 4.69) is 54.6 Å². The van der Waals surface area contributed by atoms with E-state index in [9.17, 15) is 4.79 Å². The molecule has 6 rings (SSSR count). The highest BCUT2D eigenvalue weighted by atomic mass is 32.1. The molecular formula is C25H16OS. The molecule has 0 atom stereocenters. The van der Waals surface area contributed by atoms with Crippen molar-refractivity contribution in [2.45, 2.75) is 0 Å². The molecule has 2 aliphatic carbocycles. The zero-order chi connectivity index (χ0) is 18.2. The number of carbonyl (C=O) groups is 1. The van der Waals surface area contributed by atoms with E-state index in [0.717, 1.165) is 21.6 Å². The monoisotopic (exact) mass is 364 g/mol. The van der Waals surface area contributed by atoms with E-state index < -0.39 is 0 Å². The molecule has 0 fully saturated rings. The maximum atomic E-state index is 11.7. The first-order valence-corrected chi connectivity index (χ1v) is 9.73. The van der Waals surface area contributed by atoms with Crippen LogP contribution in [0.1, 0.15) is 0 Å². The fourth-order valence-corrected chi connectivity index (χ4v) is 4.76. The lowest BCUT2D eigenvalue weighted by atomic mass is 9.99. The highest BCUT2D eigenvalue weighted by Crippen LogP contribution is 2.32. The first-order valence-electron chi connectivity index (χ1n) is 8.92. The van der Waals surface area contributed by atoms with E-state index in [-0.39, 0.29) is 5.78 Å². The quantitative estimate of drug-likeness (QED) is 0.440. The molecule has 0 saturated carbocycles. The minimum absolute atomic E-state index is 0.115. The van der Waals surface area contributed by atoms with Crippen LogP contribution in [-0.2, 0) is 4.79 Å². The molecule has 128 valence electrons. The standard InChI is InChI=1S/C13H8O.C12H8S/c14-12-7-3-5-10-8-9-4-1-2-6-11(9)13(10)12;1-3-7-11-9(5-1)10-6-2-4-8-12(10)13-11/h1-8H;1-8H. The third-order valence-corrected chi connectivity index (χ3v) is 6.04. The SMILES string of the molecule is O=C1C=CC=C2C=c3ccccc3=C12.c1ccc2c(c1)sc1ccccc12. The minimum Gasteiger partial charge on any atom is -0.289 e. The van der Waals surface area contributed by atoms with Gasteiger partial charge in [0, 0.05) is 25.7 Å². The van der Waals surface area contributed by atoms with Gasteiger partial charge in [0.15, 0.2) is 5.78 Å². The van der Waals surface area contributed by atoms with E-state index in [1.807, 2.05) is 47.8 Å². The number of rotatable bonds is 0. The zero-order valence-corrected chi connectivity index (χ0v) is 15.4. The molecule has 0 unspecified atom stereocenters. The van der Waals surface area contributed by atoms with Gasteiger partial charge in [-0.1, -0.05) is 72.8 Å². The Morgan fingerprint density at radius 1 is 0.704 bits per heavy atom. The molecule has 0 radical (unpaired) electrons. The first kappa shape index (κ1) is 16.0. The lowest BCUT2D eigenvalue weighted by molar-refractivity contribution is -0.109. The Morgan fingerprint density at radius 2 is 1.33 bits per heavy atom. The molecule has 0 bridgehead atoms. The molecule has 0 spiro atoms. The summed E-state index contributed by atoms with van der Waals surface area (Å²) < 4.78 is 2.76. The molecule has 2 heteroatoms. The van der Waals surface area contributed by atoms with Crippen LogP contribution in [0.3, 0.4) is 0 Å². The molecule has 0 amide bonds. The van der Waals surface area contributed by atoms with Crippen molar-refractivity contribution in [2.75, 3.05) is 0 Å². The van der Waals surface area contributed by atoms with E-state index >= 15 is 0 Å². The maximum absolute atomic E-state index is 11.7. The second-order valence-corrected chi connectivity index (χ2v) is 7.63. The van der Waals surface area contributed by atoms with Gasteiger partial charge in [-0.05, 0) is 40.3 Å². The molecule has 4 aromatic rings. The Kier molecular flexibility index (Phi) is 3.84. The molecule has 1 heterocycles. The summed E-state index contributed by atoms with van der Waals surface area (Å²) in [5.41, 5.74) is 1.89. The zero-order valence-electron chi connectivity index (χ0n) is 14.6. The van der Waals surface area contributed by atoms with Crippen molar-refractivity contribution in [3.8, 4) is 0 Å². The van der Waals surface area contributed by atoms with E-state index in [4.69, 9.17) is 0 Å². The smallest absolute Gasteiger partial charge is 0.187 e. The van der Waals surface area contributed by atoms with Crippen molar-refractivity contribution < 1.29 is 4.79 Å². The normalized spacial score (nSPS) is 14.3. The summed E-state index contributed by atoms with van der Waals surface area (Å²) in [6.07, 6.45) is 7.47. The van der Waals surface area contributed by atoms with E-state index in [1.165, 1.54) is 20.2 Å². The number of allylic oxidation sites excluding steroid dienone is 4. The second kappa shape index (κ2) is 6.49. The lowest BCUT2D eigenvalue weighted by Crippen LogP contribution is -2.24. The van der Waals surface area contributed by atoms with E-state index in [1.54, 1.807) is 6.08 Å². The second-order valence-electron chi connectivity index (χ2n) is 6.55. The minimum atomic E-state index is 0.115. The molecule has 0 N–H and O–H groups in total. The van der Waals surface area contributed by atoms with Crippen LogP contribution in [0.15, 0.2) is 96.6 Å². The number of hydrogen-bond donors (Lipinski definition) is 0. The Hall–Kier alpha value is -3.23. The molecule has 1 aromatic heterocycles. The van der Waals surface area contributed by atoms with Crippen molar-refractivity contribution in [2.24, 2.45) is 0 Å². The third-order valence-electron chi connectivity index (χ3n) is 4.88. The molecule has 2 aliphatic rings. The van der Waals surface area contributed by atoms with Gasteiger partial charge in [0.2, 0.25) is 0 Å². The molecule has 27 heavy (non-hydrogen) atoms. The maximum Gasteiger partial charge on any atom is 0.187 e. The van der Waals surface area contributed by atoms with Crippen LogP contribution in [0.25, 0.3) is 31.8 Å². The summed E-state index contributed by atoms with van der Waals surface area (Å²) in [5.74, 6) is 0.115. The van der Waals surface area contributed by atoms with Crippen molar-refractivity contribution in [3.05, 3.63) is 107 Å². The highest BCUT2D eigenvalue weighted by Gasteiger charge is 2.17. The van der Waals surface area contributed by atoms with Crippen LogP contribution >= 0.6 is 11.3 Å². The van der Waals surface area contributed by atoms with Crippen LogP contribution in [0.2, 0.25) is 0 Å². The van der Waals surface area contributed by atoms with Gasteiger partial charge in [-0.15, -0.1) is 11.3 Å². The Balaban J connectivity index is 0.000000119. The van der Waals surface area contributed by atoms with Crippen LogP contribution in [0.5, 0.6) is 0 Å². The van der Waals surface area contributed by atoms with Gasteiger partial charge in [-0.3, -0.25) is 4.79 Å². The predicted molar refractivity (Wildman–Crippen MR) is 115 cm³/mol. The Labute approximate surface area is 160 Å². The van der Waals surface area contributed by atoms with Crippen LogP contribution in [-0.4, -0.2) is 5.78 Å². The first-order chi connectivity index (χ1) is 13.3. The average Bonchev–Trinajstić information content (AvgIpc) is 3.27. The fourth-order valence-electron chi connectivity index (χ4n) is 3.65. The molecule has 1 nitrogen and oxygen atoms in total. The number of fused-ring (bicyclic) bond motifs is 5. The van der Waals surface area contributed by atoms with Gasteiger partial charge in [-0.25, -0.2) is 0 Å². The van der Waals surface area contributed by atoms with Gasteiger partial charge >= 0.3 is 0 Å². The van der Waals surface area contributed by atoms with Gasteiger partial charge < -0.3 is 0 Å². The third kappa shape index (κ3) is 2.75. The summed E-state index contributed by atoms with van der Waals surface area (Å²) in [5, 5.41) is 4.96. The van der Waals surface area contributed by atoms with Gasteiger partial charge in [0.1, 0.15) is 0 Å². The van der Waals surface area contributed by atoms with Gasteiger partial charge in [0.25, 0.3) is 0 Å². The summed E-state index contributed by atoms with van der Waals surface area (Å²) in [4.78, 5) is 11.7. The molecular weight excluding hydrogens is 348 g/mol. The number of benzene rings is 3. The largest absolute Gasteiger partial charge is 0.289 e. The highest BCUT2D eigenvalue weighted by molar-refractivity contribution is 7.25. The van der Waals surface area contributed by atoms with Crippen LogP contribution < -0.4 is 10.4 Å². The summed E-state index contributed by atoms with van der Waals surface area (Å²) in [6.45, 7) is 0. The topological polar surface area (TPSA) is 17.1 Å². The van der Waals surface area contributed by atoms with Crippen LogP contribution in [0.4, 0.5) is 0 Å². The lowest BCUT2D eigenvalue weighted by Gasteiger charge is -2.03. The predicted octanol–water partition coefficient (Wildman–Crippen LogP) is 4.75. The summed E-state index contributed by atoms with van der Waals surface area (Å²) >= 11 is 1.86. The average molecular weight is 364 g/mol. The number of ketones is 1. The summed E-state index contributed by atoms with van der Waals surface area (Å²) in [7, 11) is 0.